The van der Waals surface area contributed by atoms with Gasteiger partial charge in [0.1, 0.15) is 5.76 Å². The fourth-order valence-electron chi connectivity index (χ4n) is 2.59. The maximum Gasteiger partial charge on any atom is 0.338 e. The summed E-state index contributed by atoms with van der Waals surface area (Å²) in [7, 11) is 0. The van der Waals surface area contributed by atoms with Gasteiger partial charge in [0, 0.05) is 11.3 Å². The second-order valence-corrected chi connectivity index (χ2v) is 7.58. The van der Waals surface area contributed by atoms with Gasteiger partial charge in [-0.05, 0) is 67.2 Å². The predicted octanol–water partition coefficient (Wildman–Crippen LogP) is 5.95. The number of carbonyl (C=O) groups excluding carboxylic acids is 2. The molecule has 0 radical (unpaired) electrons. The Morgan fingerprint density at radius 2 is 1.81 bits per heavy atom. The van der Waals surface area contributed by atoms with E-state index in [1.54, 1.807) is 48.5 Å². The van der Waals surface area contributed by atoms with Crippen molar-refractivity contribution >= 4 is 58.1 Å². The largest absolute Gasteiger partial charge is 0.462 e. The molecule has 2 aromatic carbocycles. The minimum absolute atomic E-state index is 0.0595. The summed E-state index contributed by atoms with van der Waals surface area (Å²) < 4.78 is 10.7. The summed E-state index contributed by atoms with van der Waals surface area (Å²) in [6, 6.07) is 14.8. The number of benzene rings is 2. The van der Waals surface area contributed by atoms with Gasteiger partial charge in [-0.25, -0.2) is 4.79 Å². The summed E-state index contributed by atoms with van der Waals surface area (Å²) in [4.78, 5) is 24.3. The maximum atomic E-state index is 12.4. The average molecular weight is 477 g/mol. The number of carbonyl (C=O) groups is 2. The van der Waals surface area contributed by atoms with Crippen molar-refractivity contribution in [2.45, 2.75) is 13.3 Å². The lowest BCUT2D eigenvalue weighted by Gasteiger charge is -2.09. The van der Waals surface area contributed by atoms with Crippen molar-refractivity contribution in [3.63, 3.8) is 0 Å². The molecule has 0 aliphatic carbocycles. The number of halogens is 2. The van der Waals surface area contributed by atoms with Gasteiger partial charge in [0.25, 0.3) is 5.91 Å². The van der Waals surface area contributed by atoms with Gasteiger partial charge in [-0.15, -0.1) is 0 Å². The molecule has 0 spiro atoms. The molecular weight excluding hydrogens is 459 g/mol. The van der Waals surface area contributed by atoms with Crippen LogP contribution >= 0.6 is 35.4 Å². The SMILES string of the molecule is CCCOC(=O)c1ccc(NC(=S)NC(=O)c2ccc(-c3cccc(Cl)c3Cl)o2)cc1. The Balaban J connectivity index is 1.60. The molecule has 0 fully saturated rings. The van der Waals surface area contributed by atoms with Gasteiger partial charge in [0.15, 0.2) is 10.9 Å². The topological polar surface area (TPSA) is 80.6 Å². The summed E-state index contributed by atoms with van der Waals surface area (Å²) in [5, 5.41) is 6.21. The van der Waals surface area contributed by atoms with Crippen molar-refractivity contribution in [3.8, 4) is 11.3 Å². The third-order valence-electron chi connectivity index (χ3n) is 4.09. The highest BCUT2D eigenvalue weighted by Gasteiger charge is 2.16. The third-order valence-corrected chi connectivity index (χ3v) is 5.11. The summed E-state index contributed by atoms with van der Waals surface area (Å²) >= 11 is 17.4. The van der Waals surface area contributed by atoms with Crippen LogP contribution in [0.4, 0.5) is 5.69 Å². The van der Waals surface area contributed by atoms with E-state index in [0.717, 1.165) is 6.42 Å². The van der Waals surface area contributed by atoms with Crippen LogP contribution in [-0.2, 0) is 4.74 Å². The van der Waals surface area contributed by atoms with Crippen LogP contribution in [0.15, 0.2) is 59.0 Å². The minimum Gasteiger partial charge on any atom is -0.462 e. The van der Waals surface area contributed by atoms with Crippen molar-refractivity contribution in [1.29, 1.82) is 0 Å². The molecule has 1 amide bonds. The Kier molecular flexibility index (Phi) is 7.68. The van der Waals surface area contributed by atoms with Gasteiger partial charge in [-0.3, -0.25) is 10.1 Å². The van der Waals surface area contributed by atoms with E-state index in [-0.39, 0.29) is 10.9 Å². The average Bonchev–Trinajstić information content (AvgIpc) is 3.24. The summed E-state index contributed by atoms with van der Waals surface area (Å²) in [5.41, 5.74) is 1.60. The van der Waals surface area contributed by atoms with Crippen LogP contribution in [0.1, 0.15) is 34.3 Å². The van der Waals surface area contributed by atoms with Gasteiger partial charge >= 0.3 is 5.97 Å². The molecule has 2 N–H and O–H groups in total. The van der Waals surface area contributed by atoms with Crippen LogP contribution in [0, 0.1) is 0 Å². The Bertz CT molecular complexity index is 1110. The monoisotopic (exact) mass is 476 g/mol. The van der Waals surface area contributed by atoms with Gasteiger partial charge in [0.2, 0.25) is 0 Å². The number of hydrogen-bond acceptors (Lipinski definition) is 5. The summed E-state index contributed by atoms with van der Waals surface area (Å²) in [5.74, 6) is -0.453. The van der Waals surface area contributed by atoms with E-state index in [1.807, 2.05) is 6.92 Å². The first-order chi connectivity index (χ1) is 14.9. The molecule has 3 rings (SSSR count). The quantitative estimate of drug-likeness (QED) is 0.338. The van der Waals surface area contributed by atoms with Crippen LogP contribution in [-0.4, -0.2) is 23.6 Å². The Hall–Kier alpha value is -2.87. The molecule has 0 saturated carbocycles. The Labute approximate surface area is 194 Å². The van der Waals surface area contributed by atoms with Crippen molar-refractivity contribution in [2.75, 3.05) is 11.9 Å². The van der Waals surface area contributed by atoms with Gasteiger partial charge in [-0.2, -0.15) is 0 Å². The molecule has 9 heteroatoms. The number of rotatable bonds is 6. The lowest BCUT2D eigenvalue weighted by Crippen LogP contribution is -2.33. The minimum atomic E-state index is -0.526. The molecule has 1 heterocycles. The molecule has 0 atom stereocenters. The first-order valence-electron chi connectivity index (χ1n) is 9.32. The van der Waals surface area contributed by atoms with Gasteiger partial charge < -0.3 is 14.5 Å². The van der Waals surface area contributed by atoms with Gasteiger partial charge in [-0.1, -0.05) is 36.2 Å². The highest BCUT2D eigenvalue weighted by Crippen LogP contribution is 2.34. The predicted molar refractivity (Wildman–Crippen MR) is 125 cm³/mol. The second-order valence-electron chi connectivity index (χ2n) is 6.39. The molecule has 0 aliphatic rings. The molecule has 3 aromatic rings. The Morgan fingerprint density at radius 3 is 2.52 bits per heavy atom. The van der Waals surface area contributed by atoms with E-state index in [2.05, 4.69) is 10.6 Å². The van der Waals surface area contributed by atoms with Crippen LogP contribution in [0.25, 0.3) is 11.3 Å². The zero-order valence-corrected chi connectivity index (χ0v) is 18.7. The molecule has 0 aliphatic heterocycles. The van der Waals surface area contributed by atoms with Crippen LogP contribution in [0.5, 0.6) is 0 Å². The van der Waals surface area contributed by atoms with E-state index >= 15 is 0 Å². The van der Waals surface area contributed by atoms with Crippen molar-refractivity contribution in [2.24, 2.45) is 0 Å². The number of nitrogens with one attached hydrogen (secondary N) is 2. The smallest absolute Gasteiger partial charge is 0.338 e. The zero-order chi connectivity index (χ0) is 22.4. The van der Waals surface area contributed by atoms with Crippen LogP contribution in [0.3, 0.4) is 0 Å². The standard InChI is InChI=1S/C22H18Cl2N2O4S/c1-2-12-29-21(28)13-6-8-14(9-7-13)25-22(31)26-20(27)18-11-10-17(30-18)15-4-3-5-16(23)19(15)24/h3-11H,2,12H2,1H3,(H2,25,26,27,31). The third kappa shape index (κ3) is 5.85. The molecule has 6 nitrogen and oxygen atoms in total. The number of esters is 1. The highest BCUT2D eigenvalue weighted by atomic mass is 35.5. The molecule has 0 saturated heterocycles. The van der Waals surface area contributed by atoms with E-state index in [4.69, 9.17) is 44.6 Å². The molecule has 31 heavy (non-hydrogen) atoms. The number of furan rings is 1. The van der Waals surface area contributed by atoms with Crippen LogP contribution in [0.2, 0.25) is 10.0 Å². The number of hydrogen-bond donors (Lipinski definition) is 2. The first kappa shape index (κ1) is 22.8. The first-order valence-corrected chi connectivity index (χ1v) is 10.5. The number of anilines is 1. The molecular formula is C22H18Cl2N2O4S. The number of thiocarbonyl (C=S) groups is 1. The molecule has 1 aromatic heterocycles. The molecule has 0 unspecified atom stereocenters. The van der Waals surface area contributed by atoms with Crippen LogP contribution < -0.4 is 10.6 Å². The normalized spacial score (nSPS) is 10.4. The molecule has 0 bridgehead atoms. The van der Waals surface area contributed by atoms with E-state index in [0.29, 0.717) is 39.2 Å². The summed E-state index contributed by atoms with van der Waals surface area (Å²) in [6.07, 6.45) is 0.753. The zero-order valence-electron chi connectivity index (χ0n) is 16.4. The number of ether oxygens (including phenoxy) is 1. The Morgan fingerprint density at radius 1 is 1.06 bits per heavy atom. The van der Waals surface area contributed by atoms with E-state index in [1.165, 1.54) is 6.07 Å². The van der Waals surface area contributed by atoms with Gasteiger partial charge in [0.05, 0.1) is 22.2 Å². The van der Waals surface area contributed by atoms with Crippen molar-refractivity contribution in [3.05, 3.63) is 76.0 Å². The lowest BCUT2D eigenvalue weighted by molar-refractivity contribution is 0.0505. The maximum absolute atomic E-state index is 12.4. The molecule has 160 valence electrons. The highest BCUT2D eigenvalue weighted by molar-refractivity contribution is 7.80. The lowest BCUT2D eigenvalue weighted by atomic mass is 10.2. The fraction of sp³-hybridized carbons (Fsp3) is 0.136. The van der Waals surface area contributed by atoms with E-state index < -0.39 is 11.9 Å². The second kappa shape index (κ2) is 10.4. The van der Waals surface area contributed by atoms with Crippen molar-refractivity contribution in [1.82, 2.24) is 5.32 Å². The summed E-state index contributed by atoms with van der Waals surface area (Å²) in [6.45, 7) is 2.29. The number of amides is 1. The van der Waals surface area contributed by atoms with Crippen molar-refractivity contribution < 1.29 is 18.7 Å². The fourth-order valence-corrected chi connectivity index (χ4v) is 3.20. The van der Waals surface area contributed by atoms with E-state index in [9.17, 15) is 9.59 Å².